The molecule has 0 N–H and O–H groups in total. The lowest BCUT2D eigenvalue weighted by Crippen LogP contribution is -2.39. The SMILES string of the molecule is CC(C)(C)OC(=O)CN(c1ccc2c(ccn2-c2ccc(OC3CCOCC3)cn2)c1)S(=O)(=O)c1cc(Cl)cc(Cl)c1. The number of hydrogen-bond donors (Lipinski definition) is 0. The van der Waals surface area contributed by atoms with Crippen molar-refractivity contribution in [3.05, 3.63) is 77.0 Å². The number of ether oxygens (including phenoxy) is 3. The van der Waals surface area contributed by atoms with Crippen LogP contribution in [0.5, 0.6) is 5.75 Å². The molecule has 4 aromatic rings. The summed E-state index contributed by atoms with van der Waals surface area (Å²) in [6.45, 7) is 5.98. The van der Waals surface area contributed by atoms with Crippen molar-refractivity contribution in [3.8, 4) is 11.6 Å². The smallest absolute Gasteiger partial charge is 0.327 e. The van der Waals surface area contributed by atoms with Gasteiger partial charge in [0.2, 0.25) is 0 Å². The molecule has 5 rings (SSSR count). The van der Waals surface area contributed by atoms with Crippen molar-refractivity contribution >= 4 is 55.8 Å². The number of anilines is 1. The van der Waals surface area contributed by atoms with E-state index >= 15 is 0 Å². The Kier molecular flexibility index (Phi) is 8.71. The van der Waals surface area contributed by atoms with Gasteiger partial charge in [-0.25, -0.2) is 13.4 Å². The molecule has 12 heteroatoms. The first-order valence-electron chi connectivity index (χ1n) is 13.4. The summed E-state index contributed by atoms with van der Waals surface area (Å²) in [4.78, 5) is 17.3. The number of carbonyl (C=O) groups excluding carboxylic acids is 1. The Balaban J connectivity index is 1.46. The second-order valence-corrected chi connectivity index (χ2v) is 13.6. The molecule has 0 radical (unpaired) electrons. The van der Waals surface area contributed by atoms with Crippen LogP contribution in [-0.4, -0.2) is 55.4 Å². The number of hydrogen-bond acceptors (Lipinski definition) is 7. The molecular weight excluding hydrogens is 601 g/mol. The third-order valence-electron chi connectivity index (χ3n) is 6.52. The maximum absolute atomic E-state index is 13.8. The van der Waals surface area contributed by atoms with Gasteiger partial charge >= 0.3 is 5.97 Å². The van der Waals surface area contributed by atoms with E-state index < -0.39 is 28.1 Å². The van der Waals surface area contributed by atoms with Crippen molar-refractivity contribution in [2.75, 3.05) is 24.1 Å². The van der Waals surface area contributed by atoms with E-state index in [1.807, 2.05) is 29.0 Å². The van der Waals surface area contributed by atoms with Crippen LogP contribution in [0, 0.1) is 0 Å². The zero-order chi connectivity index (χ0) is 30.1. The Labute approximate surface area is 255 Å². The van der Waals surface area contributed by atoms with Crippen LogP contribution in [0.15, 0.2) is 71.9 Å². The normalized spacial score (nSPS) is 14.6. The van der Waals surface area contributed by atoms with Crippen LogP contribution in [0.25, 0.3) is 16.7 Å². The van der Waals surface area contributed by atoms with Gasteiger partial charge in [0.1, 0.15) is 29.8 Å². The van der Waals surface area contributed by atoms with Gasteiger partial charge in [-0.2, -0.15) is 0 Å². The molecule has 1 aliphatic heterocycles. The van der Waals surface area contributed by atoms with Crippen molar-refractivity contribution in [2.24, 2.45) is 0 Å². The second-order valence-electron chi connectivity index (χ2n) is 10.9. The molecule has 0 unspecified atom stereocenters. The minimum Gasteiger partial charge on any atom is -0.489 e. The maximum atomic E-state index is 13.8. The number of pyridine rings is 1. The highest BCUT2D eigenvalue weighted by molar-refractivity contribution is 7.92. The summed E-state index contributed by atoms with van der Waals surface area (Å²) in [5, 5.41) is 1.05. The molecule has 222 valence electrons. The predicted molar refractivity (Wildman–Crippen MR) is 162 cm³/mol. The Bertz CT molecular complexity index is 1670. The summed E-state index contributed by atoms with van der Waals surface area (Å²) in [6.07, 6.45) is 5.34. The van der Waals surface area contributed by atoms with Crippen molar-refractivity contribution in [1.82, 2.24) is 9.55 Å². The molecular formula is C30H31Cl2N3O6S. The fraction of sp³-hybridized carbons (Fsp3) is 0.333. The Morgan fingerprint density at radius 3 is 2.40 bits per heavy atom. The molecule has 0 amide bonds. The summed E-state index contributed by atoms with van der Waals surface area (Å²) in [6, 6.07) is 14.7. The van der Waals surface area contributed by atoms with Crippen molar-refractivity contribution in [1.29, 1.82) is 0 Å². The zero-order valence-corrected chi connectivity index (χ0v) is 25.7. The lowest BCUT2D eigenvalue weighted by molar-refractivity contribution is -0.152. The van der Waals surface area contributed by atoms with Gasteiger partial charge in [-0.1, -0.05) is 23.2 Å². The first-order valence-corrected chi connectivity index (χ1v) is 15.6. The van der Waals surface area contributed by atoms with Gasteiger partial charge < -0.3 is 18.8 Å². The van der Waals surface area contributed by atoms with E-state index in [1.54, 1.807) is 45.2 Å². The van der Waals surface area contributed by atoms with Crippen LogP contribution in [0.3, 0.4) is 0 Å². The third kappa shape index (κ3) is 7.00. The molecule has 0 atom stereocenters. The number of aromatic nitrogens is 2. The van der Waals surface area contributed by atoms with Crippen molar-refractivity contribution < 1.29 is 27.4 Å². The van der Waals surface area contributed by atoms with E-state index in [2.05, 4.69) is 4.98 Å². The summed E-state index contributed by atoms with van der Waals surface area (Å²) in [5.74, 6) is 0.654. The Hall–Kier alpha value is -3.31. The number of halogens is 2. The van der Waals surface area contributed by atoms with Crippen LogP contribution < -0.4 is 9.04 Å². The summed E-state index contributed by atoms with van der Waals surface area (Å²) < 4.78 is 47.4. The van der Waals surface area contributed by atoms with E-state index in [1.165, 1.54) is 18.2 Å². The molecule has 0 bridgehead atoms. The van der Waals surface area contributed by atoms with Crippen LogP contribution in [0.2, 0.25) is 10.0 Å². The van der Waals surface area contributed by atoms with E-state index in [0.717, 1.165) is 28.0 Å². The highest BCUT2D eigenvalue weighted by atomic mass is 35.5. The molecule has 3 heterocycles. The number of rotatable bonds is 8. The van der Waals surface area contributed by atoms with Crippen molar-refractivity contribution in [3.63, 3.8) is 0 Å². The van der Waals surface area contributed by atoms with E-state index in [-0.39, 0.29) is 26.7 Å². The zero-order valence-electron chi connectivity index (χ0n) is 23.4. The summed E-state index contributed by atoms with van der Waals surface area (Å²) in [5.41, 5.74) is 0.269. The molecule has 1 saturated heterocycles. The summed E-state index contributed by atoms with van der Waals surface area (Å²) in [7, 11) is -4.26. The minimum absolute atomic E-state index is 0.111. The second kappa shape index (κ2) is 12.1. The largest absolute Gasteiger partial charge is 0.489 e. The molecule has 2 aromatic heterocycles. The average Bonchev–Trinajstić information content (AvgIpc) is 3.34. The van der Waals surface area contributed by atoms with Crippen LogP contribution in [-0.2, 0) is 24.3 Å². The van der Waals surface area contributed by atoms with E-state index in [9.17, 15) is 13.2 Å². The molecule has 42 heavy (non-hydrogen) atoms. The minimum atomic E-state index is -4.26. The van der Waals surface area contributed by atoms with Crippen LogP contribution in [0.4, 0.5) is 5.69 Å². The van der Waals surface area contributed by atoms with Gasteiger partial charge in [0.25, 0.3) is 10.0 Å². The number of fused-ring (bicyclic) bond motifs is 1. The van der Waals surface area contributed by atoms with Crippen molar-refractivity contribution in [2.45, 2.75) is 50.2 Å². The highest BCUT2D eigenvalue weighted by Crippen LogP contribution is 2.31. The number of sulfonamides is 1. The molecule has 1 fully saturated rings. The van der Waals surface area contributed by atoms with Gasteiger partial charge in [-0.3, -0.25) is 9.10 Å². The standard InChI is InChI=1S/C30H31Cl2N3O6S/c1-30(2,3)41-29(36)19-35(42(37,38)26-16-21(31)15-22(32)17-26)23-4-6-27-20(14-23)8-11-34(27)28-7-5-25(18-33-28)40-24-9-12-39-13-10-24/h4-8,11,14-18,24H,9-10,12-13,19H2,1-3H3. The molecule has 0 aliphatic carbocycles. The van der Waals surface area contributed by atoms with Gasteiger partial charge in [0.05, 0.1) is 35.5 Å². The number of benzene rings is 2. The van der Waals surface area contributed by atoms with Gasteiger partial charge in [-0.15, -0.1) is 0 Å². The Morgan fingerprint density at radius 2 is 1.76 bits per heavy atom. The molecule has 2 aromatic carbocycles. The first-order chi connectivity index (χ1) is 19.9. The van der Waals surface area contributed by atoms with Gasteiger partial charge in [0, 0.05) is 34.5 Å². The monoisotopic (exact) mass is 631 g/mol. The molecule has 1 aliphatic rings. The summed E-state index contributed by atoms with van der Waals surface area (Å²) >= 11 is 12.2. The average molecular weight is 633 g/mol. The first kappa shape index (κ1) is 30.2. The fourth-order valence-corrected chi connectivity index (χ4v) is 6.79. The topological polar surface area (TPSA) is 100.0 Å². The molecule has 0 spiro atoms. The number of esters is 1. The lowest BCUT2D eigenvalue weighted by Gasteiger charge is -2.26. The maximum Gasteiger partial charge on any atom is 0.327 e. The molecule has 0 saturated carbocycles. The number of carbonyl (C=O) groups is 1. The van der Waals surface area contributed by atoms with Gasteiger partial charge in [-0.05, 0) is 75.4 Å². The lowest BCUT2D eigenvalue weighted by atomic mass is 10.1. The fourth-order valence-electron chi connectivity index (χ4n) is 4.67. The number of nitrogens with zero attached hydrogens (tertiary/aromatic N) is 3. The Morgan fingerprint density at radius 1 is 1.05 bits per heavy atom. The third-order valence-corrected chi connectivity index (χ3v) is 8.71. The van der Waals surface area contributed by atoms with Crippen LogP contribution in [0.1, 0.15) is 33.6 Å². The highest BCUT2D eigenvalue weighted by Gasteiger charge is 2.30. The molecule has 9 nitrogen and oxygen atoms in total. The van der Waals surface area contributed by atoms with Crippen LogP contribution >= 0.6 is 23.2 Å². The van der Waals surface area contributed by atoms with E-state index in [4.69, 9.17) is 37.4 Å². The van der Waals surface area contributed by atoms with Gasteiger partial charge in [0.15, 0.2) is 0 Å². The quantitative estimate of drug-likeness (QED) is 0.207. The van der Waals surface area contributed by atoms with E-state index in [0.29, 0.717) is 24.8 Å². The predicted octanol–water partition coefficient (Wildman–Crippen LogP) is 6.43.